The quantitative estimate of drug-likeness (QED) is 0.378. The SMILES string of the molecule is CC1CC=C(c2ccc(C(F)(F)F)nc2)N=C(C(F)(F)F)C2=C1N=C(c1ccc(N(C)C)cc1)CCC2C. The molecule has 0 aliphatic carbocycles. The minimum Gasteiger partial charge on any atom is -0.378 e. The van der Waals surface area contributed by atoms with Crippen LogP contribution in [-0.2, 0) is 6.18 Å². The van der Waals surface area contributed by atoms with Crippen molar-refractivity contribution < 1.29 is 26.3 Å². The molecule has 2 unspecified atom stereocenters. The Kier molecular flexibility index (Phi) is 7.54. The summed E-state index contributed by atoms with van der Waals surface area (Å²) in [5.41, 5.74) is 0.793. The second-order valence-corrected chi connectivity index (χ2v) is 9.85. The van der Waals surface area contributed by atoms with Crippen LogP contribution in [0.25, 0.3) is 5.70 Å². The number of pyridine rings is 1. The van der Waals surface area contributed by atoms with Crippen LogP contribution in [0.5, 0.6) is 0 Å². The molecule has 4 nitrogen and oxygen atoms in total. The number of alkyl halides is 6. The number of rotatable bonds is 3. The highest BCUT2D eigenvalue weighted by Crippen LogP contribution is 2.40. The fourth-order valence-electron chi connectivity index (χ4n) is 4.64. The molecule has 4 rings (SSSR count). The van der Waals surface area contributed by atoms with Gasteiger partial charge in [-0.25, -0.2) is 4.99 Å². The molecule has 0 N–H and O–H groups in total. The van der Waals surface area contributed by atoms with Gasteiger partial charge in [-0.3, -0.25) is 9.98 Å². The molecule has 2 aliphatic heterocycles. The van der Waals surface area contributed by atoms with Gasteiger partial charge in [0.05, 0.1) is 5.70 Å². The van der Waals surface area contributed by atoms with E-state index in [9.17, 15) is 26.3 Å². The van der Waals surface area contributed by atoms with E-state index >= 15 is 0 Å². The molecule has 0 fully saturated rings. The number of benzene rings is 1. The van der Waals surface area contributed by atoms with Crippen molar-refractivity contribution in [3.05, 3.63) is 76.8 Å². The van der Waals surface area contributed by atoms with Gasteiger partial charge in [0.1, 0.15) is 11.4 Å². The predicted octanol–water partition coefficient (Wildman–Crippen LogP) is 7.72. The molecule has 202 valence electrons. The van der Waals surface area contributed by atoms with Crippen molar-refractivity contribution in [1.29, 1.82) is 0 Å². The number of halogens is 6. The lowest BCUT2D eigenvalue weighted by Gasteiger charge is -2.25. The van der Waals surface area contributed by atoms with E-state index in [0.717, 1.165) is 35.3 Å². The maximum atomic E-state index is 14.5. The van der Waals surface area contributed by atoms with Crippen LogP contribution in [-0.4, -0.2) is 36.7 Å². The minimum absolute atomic E-state index is 0.0374. The van der Waals surface area contributed by atoms with Crippen LogP contribution in [0.3, 0.4) is 0 Å². The van der Waals surface area contributed by atoms with E-state index in [2.05, 4.69) is 9.98 Å². The number of aliphatic imine (C=N–C) groups is 2. The Morgan fingerprint density at radius 3 is 2.03 bits per heavy atom. The van der Waals surface area contributed by atoms with E-state index in [1.807, 2.05) is 50.2 Å². The second-order valence-electron chi connectivity index (χ2n) is 9.85. The van der Waals surface area contributed by atoms with Crippen LogP contribution in [0.2, 0.25) is 0 Å². The monoisotopic (exact) mass is 534 g/mol. The van der Waals surface area contributed by atoms with E-state index < -0.39 is 29.7 Å². The molecule has 0 radical (unpaired) electrons. The van der Waals surface area contributed by atoms with E-state index in [1.165, 1.54) is 6.08 Å². The average molecular weight is 535 g/mol. The molecule has 0 saturated heterocycles. The Bertz CT molecular complexity index is 1300. The molecular formula is C28H28F6N4. The van der Waals surface area contributed by atoms with Crippen LogP contribution in [0.15, 0.2) is 69.9 Å². The predicted molar refractivity (Wildman–Crippen MR) is 137 cm³/mol. The first-order valence-electron chi connectivity index (χ1n) is 12.2. The highest BCUT2D eigenvalue weighted by atomic mass is 19.4. The van der Waals surface area contributed by atoms with Crippen LogP contribution in [0.4, 0.5) is 32.0 Å². The second kappa shape index (κ2) is 10.4. The summed E-state index contributed by atoms with van der Waals surface area (Å²) in [6, 6.07) is 9.58. The summed E-state index contributed by atoms with van der Waals surface area (Å²) >= 11 is 0. The standard InChI is InChI=1S/C28H28F6N4/c1-16-5-12-21(18-7-10-20(11-8-18)38(3)4)36-25-17(2)6-13-22(37-26(24(16)25)28(32,33)34)19-9-14-23(35-15-19)27(29,30)31/h7-11,13-17H,5-6,12H2,1-4H3. The molecule has 0 saturated carbocycles. The minimum atomic E-state index is -4.79. The summed E-state index contributed by atoms with van der Waals surface area (Å²) < 4.78 is 82.4. The molecule has 1 aromatic carbocycles. The molecule has 3 heterocycles. The molecule has 2 atom stereocenters. The van der Waals surface area contributed by atoms with Crippen molar-refractivity contribution in [1.82, 2.24) is 4.98 Å². The Morgan fingerprint density at radius 2 is 1.47 bits per heavy atom. The smallest absolute Gasteiger partial charge is 0.378 e. The number of allylic oxidation sites excluding steroid dienone is 3. The zero-order valence-corrected chi connectivity index (χ0v) is 21.5. The van der Waals surface area contributed by atoms with Crippen LogP contribution < -0.4 is 4.90 Å². The average Bonchev–Trinajstić information content (AvgIpc) is 3.00. The summed E-state index contributed by atoms with van der Waals surface area (Å²) in [6.45, 7) is 3.55. The number of aromatic nitrogens is 1. The largest absolute Gasteiger partial charge is 0.433 e. The molecule has 0 amide bonds. The van der Waals surface area contributed by atoms with Crippen LogP contribution in [0, 0.1) is 11.8 Å². The molecular weight excluding hydrogens is 506 g/mol. The molecule has 1 aromatic heterocycles. The van der Waals surface area contributed by atoms with Crippen molar-refractivity contribution in [2.75, 3.05) is 19.0 Å². The summed E-state index contributed by atoms with van der Waals surface area (Å²) in [7, 11) is 3.85. The third kappa shape index (κ3) is 5.84. The number of anilines is 1. The highest BCUT2D eigenvalue weighted by Gasteiger charge is 2.43. The third-order valence-corrected chi connectivity index (χ3v) is 6.79. The van der Waals surface area contributed by atoms with Gasteiger partial charge < -0.3 is 4.90 Å². The van der Waals surface area contributed by atoms with Crippen molar-refractivity contribution in [3.63, 3.8) is 0 Å². The van der Waals surface area contributed by atoms with Crippen molar-refractivity contribution in [2.45, 2.75) is 45.5 Å². The van der Waals surface area contributed by atoms with E-state index in [1.54, 1.807) is 6.92 Å². The first kappa shape index (κ1) is 27.6. The van der Waals surface area contributed by atoms with E-state index in [-0.39, 0.29) is 22.8 Å². The zero-order valence-electron chi connectivity index (χ0n) is 21.5. The molecule has 2 aromatic rings. The molecule has 0 bridgehead atoms. The molecule has 2 aliphatic rings. The van der Waals surface area contributed by atoms with Gasteiger partial charge in [-0.15, -0.1) is 0 Å². The molecule has 0 spiro atoms. The van der Waals surface area contributed by atoms with Gasteiger partial charge in [0, 0.05) is 54.4 Å². The fourth-order valence-corrected chi connectivity index (χ4v) is 4.64. The molecule has 10 heteroatoms. The van der Waals surface area contributed by atoms with Gasteiger partial charge >= 0.3 is 12.4 Å². The Morgan fingerprint density at radius 1 is 0.816 bits per heavy atom. The van der Waals surface area contributed by atoms with Gasteiger partial charge in [-0.05, 0) is 55.0 Å². The Labute approximate surface area is 217 Å². The summed E-state index contributed by atoms with van der Waals surface area (Å²) in [5.74, 6) is -0.868. The highest BCUT2D eigenvalue weighted by molar-refractivity contribution is 6.09. The topological polar surface area (TPSA) is 40.9 Å². The maximum absolute atomic E-state index is 14.5. The molecule has 38 heavy (non-hydrogen) atoms. The van der Waals surface area contributed by atoms with Gasteiger partial charge in [-0.2, -0.15) is 26.3 Å². The lowest BCUT2D eigenvalue weighted by atomic mass is 9.85. The summed E-state index contributed by atoms with van der Waals surface area (Å²) in [6.07, 6.45) is -5.77. The first-order valence-corrected chi connectivity index (χ1v) is 12.2. The fraction of sp³-hybridized carbons (Fsp3) is 0.393. The lowest BCUT2D eigenvalue weighted by molar-refractivity contribution is -0.141. The Balaban J connectivity index is 1.83. The Hall–Kier alpha value is -3.43. The number of hydrogen-bond donors (Lipinski definition) is 0. The van der Waals surface area contributed by atoms with E-state index in [0.29, 0.717) is 25.0 Å². The third-order valence-electron chi connectivity index (χ3n) is 6.79. The van der Waals surface area contributed by atoms with Gasteiger partial charge in [0.25, 0.3) is 0 Å². The summed E-state index contributed by atoms with van der Waals surface area (Å²) in [5, 5.41) is 0. The lowest BCUT2D eigenvalue weighted by Crippen LogP contribution is -2.30. The van der Waals surface area contributed by atoms with E-state index in [4.69, 9.17) is 4.99 Å². The van der Waals surface area contributed by atoms with Crippen molar-refractivity contribution >= 4 is 22.8 Å². The number of nitrogens with zero attached hydrogens (tertiary/aromatic N) is 4. The van der Waals surface area contributed by atoms with Crippen molar-refractivity contribution in [3.8, 4) is 0 Å². The van der Waals surface area contributed by atoms with Gasteiger partial charge in [0.2, 0.25) is 0 Å². The first-order chi connectivity index (χ1) is 17.8. The van der Waals surface area contributed by atoms with Gasteiger partial charge in [-0.1, -0.05) is 32.1 Å². The normalized spacial score (nSPS) is 20.9. The number of hydrogen-bond acceptors (Lipinski definition) is 4. The van der Waals surface area contributed by atoms with Crippen LogP contribution >= 0.6 is 0 Å². The summed E-state index contributed by atoms with van der Waals surface area (Å²) in [4.78, 5) is 14.2. The zero-order chi connectivity index (χ0) is 27.8. The van der Waals surface area contributed by atoms with Crippen molar-refractivity contribution in [2.24, 2.45) is 21.8 Å². The van der Waals surface area contributed by atoms with Gasteiger partial charge in [0.15, 0.2) is 0 Å². The van der Waals surface area contributed by atoms with Crippen LogP contribution in [0.1, 0.15) is 49.9 Å². The maximum Gasteiger partial charge on any atom is 0.433 e.